The maximum absolute atomic E-state index is 10.6. The van der Waals surface area contributed by atoms with E-state index < -0.39 is 12.0 Å². The van der Waals surface area contributed by atoms with Gasteiger partial charge in [-0.1, -0.05) is 12.8 Å². The van der Waals surface area contributed by atoms with Gasteiger partial charge in [-0.3, -0.25) is 4.79 Å². The summed E-state index contributed by atoms with van der Waals surface area (Å²) < 4.78 is 0. The van der Waals surface area contributed by atoms with Crippen molar-refractivity contribution in [2.45, 2.75) is 51.6 Å². The van der Waals surface area contributed by atoms with E-state index in [0.717, 1.165) is 0 Å². The minimum atomic E-state index is -0.759. The van der Waals surface area contributed by atoms with Crippen molar-refractivity contribution in [2.24, 2.45) is 5.92 Å². The quantitative estimate of drug-likeness (QED) is 0.700. The molecule has 2 atom stereocenters. The van der Waals surface area contributed by atoms with E-state index in [1.807, 2.05) is 0 Å². The molecule has 13 heavy (non-hydrogen) atoms. The first kappa shape index (κ1) is 10.5. The van der Waals surface area contributed by atoms with Gasteiger partial charge in [-0.15, -0.1) is 0 Å². The predicted octanol–water partition coefficient (Wildman–Crippen LogP) is 1.63. The van der Waals surface area contributed by atoms with Crippen LogP contribution < -0.4 is 5.32 Å². The van der Waals surface area contributed by atoms with Crippen molar-refractivity contribution in [3.8, 4) is 0 Å². The van der Waals surface area contributed by atoms with Crippen molar-refractivity contribution in [1.29, 1.82) is 0 Å². The van der Waals surface area contributed by atoms with E-state index in [4.69, 9.17) is 5.11 Å². The monoisotopic (exact) mass is 185 g/mol. The lowest BCUT2D eigenvalue weighted by atomic mass is 9.99. The van der Waals surface area contributed by atoms with E-state index in [0.29, 0.717) is 12.0 Å². The molecular formula is C10H19NO2. The second-order valence-corrected chi connectivity index (χ2v) is 4.06. The van der Waals surface area contributed by atoms with Crippen LogP contribution >= 0.6 is 0 Å². The Hall–Kier alpha value is -0.570. The smallest absolute Gasteiger partial charge is 0.320 e. The number of carboxylic acids is 1. The molecule has 0 saturated heterocycles. The minimum Gasteiger partial charge on any atom is -0.480 e. The van der Waals surface area contributed by atoms with Crippen LogP contribution in [0.3, 0.4) is 0 Å². The topological polar surface area (TPSA) is 49.3 Å². The van der Waals surface area contributed by atoms with Gasteiger partial charge in [0.15, 0.2) is 0 Å². The third-order valence-electron chi connectivity index (χ3n) is 2.99. The van der Waals surface area contributed by atoms with E-state index in [2.05, 4.69) is 12.2 Å². The zero-order valence-electron chi connectivity index (χ0n) is 8.42. The van der Waals surface area contributed by atoms with Gasteiger partial charge in [0.2, 0.25) is 0 Å². The zero-order valence-corrected chi connectivity index (χ0v) is 8.42. The van der Waals surface area contributed by atoms with E-state index in [-0.39, 0.29) is 0 Å². The van der Waals surface area contributed by atoms with Crippen molar-refractivity contribution in [3.05, 3.63) is 0 Å². The summed E-state index contributed by atoms with van der Waals surface area (Å²) in [4.78, 5) is 10.6. The Labute approximate surface area is 79.5 Å². The average molecular weight is 185 g/mol. The molecule has 3 nitrogen and oxygen atoms in total. The average Bonchev–Trinajstić information content (AvgIpc) is 2.55. The van der Waals surface area contributed by atoms with Crippen LogP contribution in [-0.4, -0.2) is 23.2 Å². The highest BCUT2D eigenvalue weighted by Gasteiger charge is 2.23. The number of carbonyl (C=O) groups is 1. The van der Waals surface area contributed by atoms with Gasteiger partial charge in [0.05, 0.1) is 0 Å². The van der Waals surface area contributed by atoms with Crippen LogP contribution in [0, 0.1) is 5.92 Å². The van der Waals surface area contributed by atoms with Crippen LogP contribution in [0.15, 0.2) is 0 Å². The summed E-state index contributed by atoms with van der Waals surface area (Å²) in [6.07, 6.45) is 5.11. The number of hydrogen-bond donors (Lipinski definition) is 2. The van der Waals surface area contributed by atoms with Gasteiger partial charge in [-0.05, 0) is 32.6 Å². The SMILES string of the molecule is CC(N[C@@H](C)C1CCCC1)C(=O)O. The fraction of sp³-hybridized carbons (Fsp3) is 0.900. The second kappa shape index (κ2) is 4.61. The molecule has 0 aromatic carbocycles. The maximum Gasteiger partial charge on any atom is 0.320 e. The van der Waals surface area contributed by atoms with Crippen molar-refractivity contribution in [1.82, 2.24) is 5.32 Å². The van der Waals surface area contributed by atoms with Gasteiger partial charge in [0.25, 0.3) is 0 Å². The van der Waals surface area contributed by atoms with Crippen LogP contribution in [0.5, 0.6) is 0 Å². The van der Waals surface area contributed by atoms with Crippen molar-refractivity contribution in [3.63, 3.8) is 0 Å². The molecular weight excluding hydrogens is 166 g/mol. The lowest BCUT2D eigenvalue weighted by molar-refractivity contribution is -0.139. The normalized spacial score (nSPS) is 22.9. The van der Waals surface area contributed by atoms with E-state index in [1.165, 1.54) is 25.7 Å². The summed E-state index contributed by atoms with van der Waals surface area (Å²) in [6.45, 7) is 3.79. The lowest BCUT2D eigenvalue weighted by Gasteiger charge is -2.22. The molecule has 1 aliphatic carbocycles. The fourth-order valence-electron chi connectivity index (χ4n) is 2.06. The second-order valence-electron chi connectivity index (χ2n) is 4.06. The maximum atomic E-state index is 10.6. The highest BCUT2D eigenvalue weighted by molar-refractivity contribution is 5.72. The van der Waals surface area contributed by atoms with Gasteiger partial charge >= 0.3 is 5.97 Å². The highest BCUT2D eigenvalue weighted by Crippen LogP contribution is 2.27. The number of hydrogen-bond acceptors (Lipinski definition) is 2. The molecule has 3 heteroatoms. The number of rotatable bonds is 4. The molecule has 76 valence electrons. The summed E-state index contributed by atoms with van der Waals surface area (Å²) in [5, 5.41) is 11.8. The van der Waals surface area contributed by atoms with Crippen molar-refractivity contribution < 1.29 is 9.90 Å². The Balaban J connectivity index is 2.30. The molecule has 1 unspecified atom stereocenters. The van der Waals surface area contributed by atoms with Gasteiger partial charge in [-0.25, -0.2) is 0 Å². The molecule has 0 spiro atoms. The molecule has 1 rings (SSSR count). The molecule has 0 amide bonds. The Morgan fingerprint density at radius 2 is 1.92 bits per heavy atom. The van der Waals surface area contributed by atoms with Gasteiger partial charge in [-0.2, -0.15) is 0 Å². The van der Waals surface area contributed by atoms with Crippen molar-refractivity contribution >= 4 is 5.97 Å². The molecule has 1 aliphatic rings. The standard InChI is InChI=1S/C10H19NO2/c1-7(9-5-3-4-6-9)11-8(2)10(12)13/h7-9,11H,3-6H2,1-2H3,(H,12,13)/t7-,8?/m0/s1. The lowest BCUT2D eigenvalue weighted by Crippen LogP contribution is -2.42. The number of aliphatic carboxylic acids is 1. The molecule has 1 saturated carbocycles. The summed E-state index contributed by atoms with van der Waals surface area (Å²) in [5.74, 6) is -0.0772. The molecule has 0 bridgehead atoms. The van der Waals surface area contributed by atoms with Gasteiger partial charge in [0.1, 0.15) is 6.04 Å². The first-order chi connectivity index (χ1) is 6.11. The molecule has 0 heterocycles. The molecule has 0 radical (unpaired) electrons. The number of carboxylic acid groups (broad SMARTS) is 1. The largest absolute Gasteiger partial charge is 0.480 e. The summed E-state index contributed by atoms with van der Waals surface area (Å²) in [7, 11) is 0. The van der Waals surface area contributed by atoms with E-state index >= 15 is 0 Å². The molecule has 0 aromatic heterocycles. The zero-order chi connectivity index (χ0) is 9.84. The van der Waals surface area contributed by atoms with Crippen molar-refractivity contribution in [2.75, 3.05) is 0 Å². The van der Waals surface area contributed by atoms with Crippen LogP contribution in [0.1, 0.15) is 39.5 Å². The third-order valence-corrected chi connectivity index (χ3v) is 2.99. The first-order valence-electron chi connectivity index (χ1n) is 5.10. The fourth-order valence-corrected chi connectivity index (χ4v) is 2.06. The Bertz CT molecular complexity index is 176. The molecule has 0 aromatic rings. The van der Waals surface area contributed by atoms with Crippen LogP contribution in [0.25, 0.3) is 0 Å². The Morgan fingerprint density at radius 3 is 2.38 bits per heavy atom. The Kier molecular flexibility index (Phi) is 3.72. The van der Waals surface area contributed by atoms with E-state index in [1.54, 1.807) is 6.92 Å². The van der Waals surface area contributed by atoms with Gasteiger partial charge in [0, 0.05) is 6.04 Å². The van der Waals surface area contributed by atoms with Gasteiger partial charge < -0.3 is 10.4 Å². The minimum absolute atomic E-state index is 0.341. The summed E-state index contributed by atoms with van der Waals surface area (Å²) >= 11 is 0. The summed E-state index contributed by atoms with van der Waals surface area (Å²) in [5.41, 5.74) is 0. The Morgan fingerprint density at radius 1 is 1.38 bits per heavy atom. The van der Waals surface area contributed by atoms with Crippen LogP contribution in [0.2, 0.25) is 0 Å². The predicted molar refractivity (Wildman–Crippen MR) is 51.7 cm³/mol. The summed E-state index contributed by atoms with van der Waals surface area (Å²) in [6, 6.07) is -0.0794. The van der Waals surface area contributed by atoms with Crippen LogP contribution in [-0.2, 0) is 4.79 Å². The molecule has 0 aliphatic heterocycles. The first-order valence-corrected chi connectivity index (χ1v) is 5.10. The highest BCUT2D eigenvalue weighted by atomic mass is 16.4. The number of nitrogens with one attached hydrogen (secondary N) is 1. The third kappa shape index (κ3) is 2.99. The molecule has 1 fully saturated rings. The molecule has 2 N–H and O–H groups in total. The van der Waals surface area contributed by atoms with Crippen LogP contribution in [0.4, 0.5) is 0 Å². The van der Waals surface area contributed by atoms with E-state index in [9.17, 15) is 4.79 Å².